The molecule has 4 heterocycles. The van der Waals surface area contributed by atoms with Gasteiger partial charge in [0.1, 0.15) is 5.02 Å². The van der Waals surface area contributed by atoms with Crippen molar-refractivity contribution < 1.29 is 0 Å². The number of rotatable bonds is 3. The number of fused-ring (bicyclic) bond motifs is 3. The minimum absolute atomic E-state index is 0.524. The van der Waals surface area contributed by atoms with E-state index < -0.39 is 0 Å². The van der Waals surface area contributed by atoms with Crippen LogP contribution in [0.5, 0.6) is 0 Å². The van der Waals surface area contributed by atoms with Crippen molar-refractivity contribution in [2.45, 2.75) is 31.5 Å². The van der Waals surface area contributed by atoms with Gasteiger partial charge >= 0.3 is 0 Å². The Kier molecular flexibility index (Phi) is 3.60. The fourth-order valence-electron chi connectivity index (χ4n) is 3.87. The van der Waals surface area contributed by atoms with Gasteiger partial charge in [-0.15, -0.1) is 0 Å². The van der Waals surface area contributed by atoms with Gasteiger partial charge in [-0.05, 0) is 36.1 Å². The Labute approximate surface area is 151 Å². The molecule has 2 saturated heterocycles. The van der Waals surface area contributed by atoms with Gasteiger partial charge in [0.2, 0.25) is 5.95 Å². The molecule has 3 aliphatic heterocycles. The second-order valence-corrected chi connectivity index (χ2v) is 7.32. The van der Waals surface area contributed by atoms with Gasteiger partial charge in [-0.1, -0.05) is 17.7 Å². The lowest BCUT2D eigenvalue weighted by atomic mass is 10.1. The molecule has 6 nitrogen and oxygen atoms in total. The van der Waals surface area contributed by atoms with Gasteiger partial charge in [0.25, 0.3) is 0 Å². The molecule has 2 aromatic rings. The molecule has 0 saturated carbocycles. The van der Waals surface area contributed by atoms with Crippen LogP contribution in [0.2, 0.25) is 5.02 Å². The van der Waals surface area contributed by atoms with E-state index in [4.69, 9.17) is 16.6 Å². The maximum Gasteiger partial charge on any atom is 0.227 e. The van der Waals surface area contributed by atoms with E-state index in [1.54, 1.807) is 6.20 Å². The number of hydrogen-bond donors (Lipinski definition) is 2. The zero-order valence-electron chi connectivity index (χ0n) is 13.7. The quantitative estimate of drug-likeness (QED) is 0.887. The first-order valence-electron chi connectivity index (χ1n) is 8.68. The Morgan fingerprint density at radius 1 is 1.20 bits per heavy atom. The second-order valence-electron chi connectivity index (χ2n) is 6.92. The van der Waals surface area contributed by atoms with E-state index in [1.807, 2.05) is 12.3 Å². The van der Waals surface area contributed by atoms with Crippen LogP contribution in [0.1, 0.15) is 24.0 Å². The summed E-state index contributed by atoms with van der Waals surface area (Å²) in [5.41, 5.74) is 3.35. The second kappa shape index (κ2) is 5.97. The smallest absolute Gasteiger partial charge is 0.227 e. The first-order chi connectivity index (χ1) is 12.2. The summed E-state index contributed by atoms with van der Waals surface area (Å²) < 4.78 is 0. The monoisotopic (exact) mass is 354 g/mol. The van der Waals surface area contributed by atoms with Crippen molar-refractivity contribution in [1.82, 2.24) is 15.3 Å². The molecule has 5 rings (SSSR count). The van der Waals surface area contributed by atoms with Crippen molar-refractivity contribution >= 4 is 35.3 Å². The maximum atomic E-state index is 6.33. The number of hydrogen-bond acceptors (Lipinski definition) is 6. The normalized spacial score (nSPS) is 23.8. The Balaban J connectivity index is 1.40. The molecule has 1 aromatic heterocycles. The van der Waals surface area contributed by atoms with E-state index in [-0.39, 0.29) is 0 Å². The number of nitrogens with zero attached hydrogens (tertiary/aromatic N) is 4. The van der Waals surface area contributed by atoms with Crippen LogP contribution < -0.4 is 15.5 Å². The van der Waals surface area contributed by atoms with Crippen molar-refractivity contribution in [1.29, 1.82) is 0 Å². The molecular formula is C18H19ClN6. The number of halogens is 1. The lowest BCUT2D eigenvalue weighted by Gasteiger charge is -2.33. The third-order valence-electron chi connectivity index (χ3n) is 5.13. The third-order valence-corrected chi connectivity index (χ3v) is 5.41. The van der Waals surface area contributed by atoms with Crippen LogP contribution in [0.15, 0.2) is 29.4 Å². The van der Waals surface area contributed by atoms with Crippen LogP contribution in [0.3, 0.4) is 0 Å². The molecule has 0 aliphatic carbocycles. The van der Waals surface area contributed by atoms with Gasteiger partial charge < -0.3 is 15.5 Å². The predicted molar refractivity (Wildman–Crippen MR) is 100 cm³/mol. The number of anilines is 3. The van der Waals surface area contributed by atoms with Gasteiger partial charge in [-0.2, -0.15) is 4.98 Å². The van der Waals surface area contributed by atoms with Crippen molar-refractivity contribution in [3.8, 4) is 0 Å². The Bertz CT molecular complexity index is 839. The summed E-state index contributed by atoms with van der Waals surface area (Å²) in [5, 5.41) is 7.48. The standard InChI is InChI=1S/C18H19ClN6/c19-16-8-21-18(25-9-14-3-4-15(10-25)22-14)24-17(16)23-13-2-1-11-6-20-7-12(11)5-13/h1-2,5,7-8,14-15,22H,3-4,6,9-10H2,(H,21,23,24). The molecule has 2 N–H and O–H groups in total. The first kappa shape index (κ1) is 15.1. The SMILES string of the molecule is Clc1cnc(N2CC3CCC(C2)N3)nc1Nc1ccc2c(c1)C=NC2. The van der Waals surface area contributed by atoms with Crippen molar-refractivity contribution in [3.63, 3.8) is 0 Å². The summed E-state index contributed by atoms with van der Waals surface area (Å²) in [6, 6.07) is 7.30. The Hall–Kier alpha value is -2.18. The Morgan fingerprint density at radius 2 is 2.04 bits per heavy atom. The fourth-order valence-corrected chi connectivity index (χ4v) is 4.01. The molecule has 2 fully saturated rings. The molecule has 128 valence electrons. The molecular weight excluding hydrogens is 336 g/mol. The number of aromatic nitrogens is 2. The molecule has 0 amide bonds. The number of benzene rings is 1. The summed E-state index contributed by atoms with van der Waals surface area (Å²) in [6.07, 6.45) is 6.06. The minimum atomic E-state index is 0.524. The van der Waals surface area contributed by atoms with Crippen LogP contribution in [0.4, 0.5) is 17.5 Å². The molecule has 3 aliphatic rings. The number of piperazine rings is 1. The highest BCUT2D eigenvalue weighted by atomic mass is 35.5. The topological polar surface area (TPSA) is 65.4 Å². The molecule has 0 spiro atoms. The molecule has 1 aromatic carbocycles. The summed E-state index contributed by atoms with van der Waals surface area (Å²) in [4.78, 5) is 15.7. The average molecular weight is 355 g/mol. The highest BCUT2D eigenvalue weighted by Gasteiger charge is 2.33. The third kappa shape index (κ3) is 2.85. The van der Waals surface area contributed by atoms with Gasteiger partial charge in [-0.25, -0.2) is 4.98 Å². The summed E-state index contributed by atoms with van der Waals surface area (Å²) in [7, 11) is 0. The minimum Gasteiger partial charge on any atom is -0.339 e. The lowest BCUT2D eigenvalue weighted by molar-refractivity contribution is 0.461. The summed E-state index contributed by atoms with van der Waals surface area (Å²) in [6.45, 7) is 2.67. The van der Waals surface area contributed by atoms with Crippen LogP contribution in [-0.2, 0) is 6.54 Å². The predicted octanol–water partition coefficient (Wildman–Crippen LogP) is 2.75. The van der Waals surface area contributed by atoms with E-state index in [0.717, 1.165) is 36.8 Å². The van der Waals surface area contributed by atoms with Gasteiger partial charge in [0.05, 0.1) is 12.7 Å². The summed E-state index contributed by atoms with van der Waals surface area (Å²) >= 11 is 6.33. The fraction of sp³-hybridized carbons (Fsp3) is 0.389. The molecule has 2 unspecified atom stereocenters. The Morgan fingerprint density at radius 3 is 2.88 bits per heavy atom. The van der Waals surface area contributed by atoms with E-state index in [9.17, 15) is 0 Å². The number of aliphatic imine (C=N–C) groups is 1. The summed E-state index contributed by atoms with van der Waals surface area (Å²) in [5.74, 6) is 1.39. The zero-order valence-corrected chi connectivity index (χ0v) is 14.5. The van der Waals surface area contributed by atoms with Crippen LogP contribution in [0.25, 0.3) is 0 Å². The maximum absolute atomic E-state index is 6.33. The van der Waals surface area contributed by atoms with E-state index in [0.29, 0.717) is 22.9 Å². The van der Waals surface area contributed by atoms with Gasteiger partial charge in [0, 0.05) is 37.1 Å². The first-order valence-corrected chi connectivity index (χ1v) is 9.06. The van der Waals surface area contributed by atoms with Crippen LogP contribution in [-0.4, -0.2) is 41.4 Å². The van der Waals surface area contributed by atoms with Crippen molar-refractivity contribution in [2.75, 3.05) is 23.3 Å². The van der Waals surface area contributed by atoms with Crippen LogP contribution >= 0.6 is 11.6 Å². The van der Waals surface area contributed by atoms with Crippen molar-refractivity contribution in [2.24, 2.45) is 4.99 Å². The molecule has 2 atom stereocenters. The zero-order chi connectivity index (χ0) is 16.8. The number of nitrogens with one attached hydrogen (secondary N) is 2. The molecule has 2 bridgehead atoms. The lowest BCUT2D eigenvalue weighted by Crippen LogP contribution is -2.51. The van der Waals surface area contributed by atoms with Crippen LogP contribution in [0, 0.1) is 0 Å². The van der Waals surface area contributed by atoms with Gasteiger partial charge in [0.15, 0.2) is 5.82 Å². The molecule has 7 heteroatoms. The van der Waals surface area contributed by atoms with E-state index in [1.165, 1.54) is 18.4 Å². The highest BCUT2D eigenvalue weighted by molar-refractivity contribution is 6.32. The molecule has 0 radical (unpaired) electrons. The largest absolute Gasteiger partial charge is 0.339 e. The van der Waals surface area contributed by atoms with Gasteiger partial charge in [-0.3, -0.25) is 4.99 Å². The van der Waals surface area contributed by atoms with E-state index >= 15 is 0 Å². The average Bonchev–Trinajstić information content (AvgIpc) is 3.22. The van der Waals surface area contributed by atoms with E-state index in [2.05, 4.69) is 37.6 Å². The van der Waals surface area contributed by atoms with Crippen molar-refractivity contribution in [3.05, 3.63) is 40.5 Å². The highest BCUT2D eigenvalue weighted by Crippen LogP contribution is 2.29. The molecule has 25 heavy (non-hydrogen) atoms.